The van der Waals surface area contributed by atoms with Crippen LogP contribution in [0.3, 0.4) is 0 Å². The van der Waals surface area contributed by atoms with Gasteiger partial charge in [0.15, 0.2) is 11.6 Å². The van der Waals surface area contributed by atoms with Crippen LogP contribution < -0.4 is 0 Å². The number of hydrogen-bond donors (Lipinski definition) is 1. The Labute approximate surface area is 151 Å². The van der Waals surface area contributed by atoms with E-state index in [-0.39, 0.29) is 0 Å². The SMILES string of the molecule is COC(=O)C=C[C@H]1CC[C@@](c2ccc(F)c(F)c2)(C(C)(C)C)N1C(=O)O. The van der Waals surface area contributed by atoms with Crippen molar-refractivity contribution in [1.82, 2.24) is 4.90 Å². The Hall–Kier alpha value is -2.44. The number of nitrogens with zero attached hydrogens (tertiary/aromatic N) is 1. The monoisotopic (exact) mass is 367 g/mol. The minimum Gasteiger partial charge on any atom is -0.466 e. The summed E-state index contributed by atoms with van der Waals surface area (Å²) in [5.41, 5.74) is -1.29. The maximum absolute atomic E-state index is 13.9. The van der Waals surface area contributed by atoms with Crippen molar-refractivity contribution in [2.75, 3.05) is 7.11 Å². The lowest BCUT2D eigenvalue weighted by molar-refractivity contribution is -0.134. The lowest BCUT2D eigenvalue weighted by atomic mass is 9.67. The molecule has 0 aliphatic carbocycles. The van der Waals surface area contributed by atoms with Gasteiger partial charge in [-0.15, -0.1) is 0 Å². The highest BCUT2D eigenvalue weighted by Gasteiger charge is 2.56. The van der Waals surface area contributed by atoms with E-state index in [2.05, 4.69) is 4.74 Å². The number of methoxy groups -OCH3 is 1. The van der Waals surface area contributed by atoms with Crippen LogP contribution in [0.4, 0.5) is 13.6 Å². The molecule has 1 aromatic rings. The zero-order valence-electron chi connectivity index (χ0n) is 15.3. The normalized spacial score (nSPS) is 23.5. The van der Waals surface area contributed by atoms with Gasteiger partial charge in [-0.25, -0.2) is 18.4 Å². The Kier molecular flexibility index (Phi) is 5.39. The number of ether oxygens (including phenoxy) is 1. The minimum absolute atomic E-state index is 0.389. The molecule has 1 fully saturated rings. The van der Waals surface area contributed by atoms with Gasteiger partial charge in [0.05, 0.1) is 18.7 Å². The number of amides is 1. The smallest absolute Gasteiger partial charge is 0.408 e. The van der Waals surface area contributed by atoms with Gasteiger partial charge in [-0.2, -0.15) is 0 Å². The first-order valence-electron chi connectivity index (χ1n) is 8.28. The van der Waals surface area contributed by atoms with E-state index in [1.54, 1.807) is 0 Å². The summed E-state index contributed by atoms with van der Waals surface area (Å²) in [5.74, 6) is -2.60. The molecule has 5 nitrogen and oxygen atoms in total. The lowest BCUT2D eigenvalue weighted by Crippen LogP contribution is -2.55. The quantitative estimate of drug-likeness (QED) is 0.646. The van der Waals surface area contributed by atoms with E-state index in [1.165, 1.54) is 30.2 Å². The molecule has 1 amide bonds. The number of halogens is 2. The van der Waals surface area contributed by atoms with Crippen molar-refractivity contribution in [2.45, 2.75) is 45.2 Å². The van der Waals surface area contributed by atoms with Gasteiger partial charge in [0.25, 0.3) is 0 Å². The van der Waals surface area contributed by atoms with E-state index in [1.807, 2.05) is 20.8 Å². The van der Waals surface area contributed by atoms with E-state index in [0.717, 1.165) is 12.1 Å². The maximum Gasteiger partial charge on any atom is 0.408 e. The molecular formula is C19H23F2NO4. The molecule has 26 heavy (non-hydrogen) atoms. The number of carbonyl (C=O) groups is 2. The molecule has 0 spiro atoms. The van der Waals surface area contributed by atoms with Crippen molar-refractivity contribution in [3.8, 4) is 0 Å². The van der Waals surface area contributed by atoms with E-state index in [9.17, 15) is 23.5 Å². The van der Waals surface area contributed by atoms with Crippen LogP contribution in [0.1, 0.15) is 39.2 Å². The standard InChI is InChI=1S/C19H23F2NO4/c1-18(2,3)19(12-5-7-14(20)15(21)11-12)10-9-13(22(19)17(24)25)6-8-16(23)26-4/h5-8,11,13H,9-10H2,1-4H3,(H,24,25)/t13-,19+/m0/s1. The molecule has 7 heteroatoms. The topological polar surface area (TPSA) is 66.8 Å². The average molecular weight is 367 g/mol. The summed E-state index contributed by atoms with van der Waals surface area (Å²) in [5, 5.41) is 9.90. The number of benzene rings is 1. The highest BCUT2D eigenvalue weighted by molar-refractivity contribution is 5.82. The average Bonchev–Trinajstić information content (AvgIpc) is 2.95. The van der Waals surface area contributed by atoms with Crippen LogP contribution in [0, 0.1) is 17.0 Å². The van der Waals surface area contributed by atoms with Crippen molar-refractivity contribution in [3.63, 3.8) is 0 Å². The number of likely N-dealkylation sites (tertiary alicyclic amines) is 1. The number of carbonyl (C=O) groups excluding carboxylic acids is 1. The first-order valence-corrected chi connectivity index (χ1v) is 8.28. The highest BCUT2D eigenvalue weighted by atomic mass is 19.2. The molecule has 0 radical (unpaired) electrons. The van der Waals surface area contributed by atoms with E-state index in [0.29, 0.717) is 18.4 Å². The van der Waals surface area contributed by atoms with Crippen LogP contribution >= 0.6 is 0 Å². The minimum atomic E-state index is -1.19. The van der Waals surface area contributed by atoms with Crippen LogP contribution in [0.25, 0.3) is 0 Å². The molecule has 1 saturated heterocycles. The van der Waals surface area contributed by atoms with Gasteiger partial charge in [0, 0.05) is 6.08 Å². The molecule has 0 saturated carbocycles. The largest absolute Gasteiger partial charge is 0.466 e. The third-order valence-corrected chi connectivity index (χ3v) is 5.04. The second-order valence-corrected chi connectivity index (χ2v) is 7.38. The first kappa shape index (κ1) is 19.9. The second kappa shape index (κ2) is 7.05. The van der Waals surface area contributed by atoms with Gasteiger partial charge in [-0.3, -0.25) is 4.90 Å². The zero-order valence-corrected chi connectivity index (χ0v) is 15.3. The molecule has 0 aromatic heterocycles. The van der Waals surface area contributed by atoms with E-state index in [4.69, 9.17) is 0 Å². The molecule has 142 valence electrons. The molecule has 2 rings (SSSR count). The third-order valence-electron chi connectivity index (χ3n) is 5.04. The highest BCUT2D eigenvalue weighted by Crippen LogP contribution is 2.53. The fourth-order valence-corrected chi connectivity index (χ4v) is 3.84. The van der Waals surface area contributed by atoms with Crippen molar-refractivity contribution < 1.29 is 28.2 Å². The third kappa shape index (κ3) is 3.30. The Balaban J connectivity index is 2.60. The Morgan fingerprint density at radius 3 is 2.46 bits per heavy atom. The molecule has 1 aliphatic rings. The molecule has 1 aliphatic heterocycles. The van der Waals surface area contributed by atoms with Crippen LogP contribution in [0.2, 0.25) is 0 Å². The second-order valence-electron chi connectivity index (χ2n) is 7.38. The molecular weight excluding hydrogens is 344 g/mol. The van der Waals surface area contributed by atoms with Crippen LogP contribution in [-0.4, -0.2) is 35.2 Å². The summed E-state index contributed by atoms with van der Waals surface area (Å²) in [6.45, 7) is 5.57. The number of hydrogen-bond acceptors (Lipinski definition) is 3. The molecule has 1 aromatic carbocycles. The Morgan fingerprint density at radius 1 is 1.31 bits per heavy atom. The fraction of sp³-hybridized carbons (Fsp3) is 0.474. The van der Waals surface area contributed by atoms with E-state index < -0.39 is 40.7 Å². The van der Waals surface area contributed by atoms with Crippen molar-refractivity contribution in [1.29, 1.82) is 0 Å². The maximum atomic E-state index is 13.9. The molecule has 0 bridgehead atoms. The van der Waals surface area contributed by atoms with Crippen molar-refractivity contribution in [3.05, 3.63) is 47.5 Å². The van der Waals surface area contributed by atoms with Crippen molar-refractivity contribution >= 4 is 12.1 Å². The number of carboxylic acid groups (broad SMARTS) is 1. The number of esters is 1. The van der Waals surface area contributed by atoms with Gasteiger partial charge >= 0.3 is 12.1 Å². The van der Waals surface area contributed by atoms with Gasteiger partial charge in [-0.05, 0) is 36.0 Å². The van der Waals surface area contributed by atoms with Crippen LogP contribution in [-0.2, 0) is 15.1 Å². The fourth-order valence-electron chi connectivity index (χ4n) is 3.84. The summed E-state index contributed by atoms with van der Waals surface area (Å²) in [4.78, 5) is 24.7. The van der Waals surface area contributed by atoms with Gasteiger partial charge in [-0.1, -0.05) is 32.9 Å². The van der Waals surface area contributed by atoms with Crippen molar-refractivity contribution in [2.24, 2.45) is 5.41 Å². The lowest BCUT2D eigenvalue weighted by Gasteiger charge is -2.48. The summed E-state index contributed by atoms with van der Waals surface area (Å²) in [7, 11) is 1.23. The van der Waals surface area contributed by atoms with Gasteiger partial charge in [0.1, 0.15) is 0 Å². The van der Waals surface area contributed by atoms with E-state index >= 15 is 0 Å². The Bertz CT molecular complexity index is 742. The number of rotatable bonds is 3. The zero-order chi connectivity index (χ0) is 19.7. The summed E-state index contributed by atoms with van der Waals surface area (Å²) in [6.07, 6.45) is 2.32. The first-order chi connectivity index (χ1) is 12.0. The summed E-state index contributed by atoms with van der Waals surface area (Å²) < 4.78 is 31.9. The molecule has 2 atom stereocenters. The summed E-state index contributed by atoms with van der Waals surface area (Å²) in [6, 6.07) is 2.91. The van der Waals surface area contributed by atoms with Gasteiger partial charge < -0.3 is 9.84 Å². The molecule has 1 N–H and O–H groups in total. The predicted molar refractivity (Wildman–Crippen MR) is 91.5 cm³/mol. The predicted octanol–water partition coefficient (Wildman–Crippen LogP) is 4.08. The summed E-state index contributed by atoms with van der Waals surface area (Å²) >= 11 is 0. The molecule has 1 heterocycles. The molecule has 0 unspecified atom stereocenters. The van der Waals surface area contributed by atoms with Crippen LogP contribution in [0.5, 0.6) is 0 Å². The van der Waals surface area contributed by atoms with Gasteiger partial charge in [0.2, 0.25) is 0 Å². The van der Waals surface area contributed by atoms with Crippen LogP contribution in [0.15, 0.2) is 30.4 Å². The Morgan fingerprint density at radius 2 is 1.96 bits per heavy atom.